The number of aromatic nitrogens is 2. The number of imidazole rings is 1. The van der Waals surface area contributed by atoms with Crippen molar-refractivity contribution in [1.29, 1.82) is 0 Å². The van der Waals surface area contributed by atoms with E-state index in [2.05, 4.69) is 25.8 Å². The molecule has 0 atom stereocenters. The van der Waals surface area contributed by atoms with Gasteiger partial charge in [-0.25, -0.2) is 4.98 Å². The number of benzene rings is 2. The first-order chi connectivity index (χ1) is 15.3. The minimum Gasteiger partial charge on any atom is -0.350 e. The van der Waals surface area contributed by atoms with Crippen molar-refractivity contribution in [3.05, 3.63) is 60.4 Å². The quantitative estimate of drug-likeness (QED) is 0.641. The van der Waals surface area contributed by atoms with Crippen molar-refractivity contribution in [2.75, 3.05) is 19.6 Å². The van der Waals surface area contributed by atoms with Crippen LogP contribution in [-0.4, -0.2) is 45.5 Å². The molecule has 0 unspecified atom stereocenters. The minimum absolute atomic E-state index is 0.0315. The first kappa shape index (κ1) is 20.3. The molecular weight excluding hydrogens is 384 g/mol. The summed E-state index contributed by atoms with van der Waals surface area (Å²) in [6.07, 6.45) is 12.1. The van der Waals surface area contributed by atoms with Gasteiger partial charge in [0.2, 0.25) is 0 Å². The zero-order valence-electron chi connectivity index (χ0n) is 18.2. The minimum atomic E-state index is 0.0315. The lowest BCUT2D eigenvalue weighted by atomic mass is 9.79. The molecule has 1 saturated heterocycles. The van der Waals surface area contributed by atoms with Crippen LogP contribution in [0.1, 0.15) is 61.7 Å². The van der Waals surface area contributed by atoms with Gasteiger partial charge in [0.1, 0.15) is 6.33 Å². The number of hydrogen-bond acceptors (Lipinski definition) is 3. The summed E-state index contributed by atoms with van der Waals surface area (Å²) in [6, 6.07) is 15.9. The largest absolute Gasteiger partial charge is 0.350 e. The third kappa shape index (κ3) is 4.11. The molecule has 5 rings (SSSR count). The van der Waals surface area contributed by atoms with Crippen LogP contribution in [0, 0.1) is 0 Å². The van der Waals surface area contributed by atoms with Gasteiger partial charge in [0.05, 0.1) is 11.0 Å². The van der Waals surface area contributed by atoms with E-state index < -0.39 is 0 Å². The zero-order chi connectivity index (χ0) is 21.1. The van der Waals surface area contributed by atoms with Crippen LogP contribution in [0.3, 0.4) is 0 Å². The third-order valence-electron chi connectivity index (χ3n) is 7.25. The number of amides is 1. The fourth-order valence-corrected chi connectivity index (χ4v) is 5.47. The maximum Gasteiger partial charge on any atom is 0.251 e. The Kier molecular flexibility index (Phi) is 5.77. The lowest BCUT2D eigenvalue weighted by Gasteiger charge is -2.48. The number of rotatable bonds is 5. The smallest absolute Gasteiger partial charge is 0.251 e. The van der Waals surface area contributed by atoms with Crippen LogP contribution in [0.4, 0.5) is 0 Å². The molecule has 2 aliphatic rings. The molecule has 0 bridgehead atoms. The Morgan fingerprint density at radius 1 is 0.903 bits per heavy atom. The normalized spacial score (nSPS) is 19.4. The second-order valence-electron chi connectivity index (χ2n) is 9.17. The van der Waals surface area contributed by atoms with Crippen LogP contribution in [-0.2, 0) is 0 Å². The number of para-hydroxylation sites is 2. The van der Waals surface area contributed by atoms with Crippen molar-refractivity contribution in [3.8, 4) is 5.69 Å². The van der Waals surface area contributed by atoms with Gasteiger partial charge >= 0.3 is 0 Å². The highest BCUT2D eigenvalue weighted by Gasteiger charge is 2.38. The van der Waals surface area contributed by atoms with E-state index in [1.807, 2.05) is 48.8 Å². The Bertz CT molecular complexity index is 1030. The molecule has 162 valence electrons. The molecule has 2 aromatic carbocycles. The average molecular weight is 417 g/mol. The molecule has 1 aromatic heterocycles. The summed E-state index contributed by atoms with van der Waals surface area (Å²) in [6.45, 7) is 3.13. The maximum atomic E-state index is 13.0. The summed E-state index contributed by atoms with van der Waals surface area (Å²) >= 11 is 0. The number of hydrogen-bond donors (Lipinski definition) is 1. The molecule has 3 aromatic rings. The summed E-state index contributed by atoms with van der Waals surface area (Å²) in [4.78, 5) is 20.1. The van der Waals surface area contributed by atoms with Gasteiger partial charge in [0.25, 0.3) is 5.91 Å². The van der Waals surface area contributed by atoms with E-state index in [-0.39, 0.29) is 11.4 Å². The number of nitrogens with one attached hydrogen (secondary N) is 1. The van der Waals surface area contributed by atoms with Crippen LogP contribution in [0.25, 0.3) is 16.7 Å². The van der Waals surface area contributed by atoms with Crippen molar-refractivity contribution in [3.63, 3.8) is 0 Å². The fraction of sp³-hybridized carbons (Fsp3) is 0.462. The number of fused-ring (bicyclic) bond motifs is 1. The molecule has 2 heterocycles. The van der Waals surface area contributed by atoms with E-state index >= 15 is 0 Å². The summed E-state index contributed by atoms with van der Waals surface area (Å²) in [5, 5.41) is 3.29. The highest BCUT2D eigenvalue weighted by Crippen LogP contribution is 2.35. The molecule has 1 N–H and O–H groups in total. The summed E-state index contributed by atoms with van der Waals surface area (Å²) < 4.78 is 2.06. The van der Waals surface area contributed by atoms with Gasteiger partial charge in [0, 0.05) is 23.3 Å². The van der Waals surface area contributed by atoms with Gasteiger partial charge in [-0.2, -0.15) is 0 Å². The first-order valence-electron chi connectivity index (χ1n) is 11.8. The Morgan fingerprint density at radius 2 is 1.61 bits per heavy atom. The van der Waals surface area contributed by atoms with Crippen LogP contribution in [0.2, 0.25) is 0 Å². The predicted octanol–water partition coefficient (Wildman–Crippen LogP) is 4.94. The molecular formula is C26H32N4O. The van der Waals surface area contributed by atoms with Gasteiger partial charge in [-0.15, -0.1) is 0 Å². The van der Waals surface area contributed by atoms with Gasteiger partial charge in [-0.05, 0) is 75.2 Å². The Morgan fingerprint density at radius 3 is 2.39 bits per heavy atom. The molecule has 1 amide bonds. The predicted molar refractivity (Wildman–Crippen MR) is 125 cm³/mol. The molecule has 5 heteroatoms. The molecule has 5 nitrogen and oxygen atoms in total. The standard InChI is InChI=1S/C26H32N4O/c31-25(27-19-26(15-5-1-6-16-26)29-17-7-2-8-18-29)21-11-13-22(14-12-21)30-20-28-23-9-3-4-10-24(23)30/h3-4,9-14,20H,1-2,5-8,15-19H2,(H,27,31). The van der Waals surface area contributed by atoms with Crippen LogP contribution < -0.4 is 5.32 Å². The molecule has 1 saturated carbocycles. The molecule has 1 aliphatic carbocycles. The number of piperidine rings is 1. The van der Waals surface area contributed by atoms with Crippen molar-refractivity contribution >= 4 is 16.9 Å². The van der Waals surface area contributed by atoms with Crippen LogP contribution in [0.5, 0.6) is 0 Å². The topological polar surface area (TPSA) is 50.2 Å². The Balaban J connectivity index is 1.28. The lowest BCUT2D eigenvalue weighted by Crippen LogP contribution is -2.58. The van der Waals surface area contributed by atoms with Crippen molar-refractivity contribution in [2.24, 2.45) is 0 Å². The van der Waals surface area contributed by atoms with E-state index in [0.717, 1.165) is 28.8 Å². The second-order valence-corrected chi connectivity index (χ2v) is 9.17. The van der Waals surface area contributed by atoms with E-state index in [1.54, 1.807) is 0 Å². The molecule has 0 radical (unpaired) electrons. The monoisotopic (exact) mass is 416 g/mol. The van der Waals surface area contributed by atoms with E-state index in [1.165, 1.54) is 64.5 Å². The van der Waals surface area contributed by atoms with Crippen molar-refractivity contribution in [2.45, 2.75) is 56.9 Å². The van der Waals surface area contributed by atoms with Gasteiger partial charge in [-0.3, -0.25) is 14.3 Å². The highest BCUT2D eigenvalue weighted by molar-refractivity contribution is 5.94. The Labute approximate surface area is 184 Å². The molecule has 31 heavy (non-hydrogen) atoms. The van der Waals surface area contributed by atoms with Gasteiger partial charge in [0.15, 0.2) is 0 Å². The second kappa shape index (κ2) is 8.83. The molecule has 2 fully saturated rings. The first-order valence-corrected chi connectivity index (χ1v) is 11.8. The zero-order valence-corrected chi connectivity index (χ0v) is 18.2. The van der Waals surface area contributed by atoms with E-state index in [9.17, 15) is 4.79 Å². The Hall–Kier alpha value is -2.66. The third-order valence-corrected chi connectivity index (χ3v) is 7.25. The maximum absolute atomic E-state index is 13.0. The van der Waals surface area contributed by atoms with Crippen molar-refractivity contribution < 1.29 is 4.79 Å². The highest BCUT2D eigenvalue weighted by atomic mass is 16.1. The summed E-state index contributed by atoms with van der Waals surface area (Å²) in [5.74, 6) is 0.0315. The number of carbonyl (C=O) groups is 1. The fourth-order valence-electron chi connectivity index (χ4n) is 5.47. The SMILES string of the molecule is O=C(NCC1(N2CCCCC2)CCCCC1)c1ccc(-n2cnc3ccccc32)cc1. The summed E-state index contributed by atoms with van der Waals surface area (Å²) in [5.41, 5.74) is 3.93. The number of likely N-dealkylation sites (tertiary alicyclic amines) is 1. The van der Waals surface area contributed by atoms with Crippen LogP contribution >= 0.6 is 0 Å². The lowest BCUT2D eigenvalue weighted by molar-refractivity contribution is 0.0326. The van der Waals surface area contributed by atoms with E-state index in [0.29, 0.717) is 0 Å². The average Bonchev–Trinajstić information content (AvgIpc) is 3.28. The van der Waals surface area contributed by atoms with Gasteiger partial charge < -0.3 is 5.32 Å². The van der Waals surface area contributed by atoms with E-state index in [4.69, 9.17) is 0 Å². The summed E-state index contributed by atoms with van der Waals surface area (Å²) in [7, 11) is 0. The molecule has 0 spiro atoms. The van der Waals surface area contributed by atoms with Gasteiger partial charge in [-0.1, -0.05) is 37.8 Å². The van der Waals surface area contributed by atoms with Crippen molar-refractivity contribution in [1.82, 2.24) is 19.8 Å². The van der Waals surface area contributed by atoms with Crippen LogP contribution in [0.15, 0.2) is 54.9 Å². The number of nitrogens with zero attached hydrogens (tertiary/aromatic N) is 3. The molecule has 1 aliphatic heterocycles. The number of carbonyl (C=O) groups excluding carboxylic acids is 1.